The third-order valence-electron chi connectivity index (χ3n) is 3.15. The van der Waals surface area contributed by atoms with E-state index in [0.717, 1.165) is 55.3 Å². The number of furan rings is 1. The smallest absolute Gasteiger partial charge is 0.152 e. The zero-order chi connectivity index (χ0) is 11.7. The Morgan fingerprint density at radius 3 is 3.00 bits per heavy atom. The first-order valence-electron chi connectivity index (χ1n) is 6.10. The highest BCUT2D eigenvalue weighted by Gasteiger charge is 2.13. The molecule has 1 aliphatic heterocycles. The molecule has 4 nitrogen and oxygen atoms in total. The quantitative estimate of drug-likeness (QED) is 0.851. The largest absolute Gasteiger partial charge is 0.458 e. The number of hydrogen-bond donors (Lipinski definition) is 1. The van der Waals surface area contributed by atoms with Crippen molar-refractivity contribution in [2.75, 3.05) is 26.2 Å². The third-order valence-corrected chi connectivity index (χ3v) is 3.15. The van der Waals surface area contributed by atoms with Gasteiger partial charge in [-0.3, -0.25) is 4.90 Å². The van der Waals surface area contributed by atoms with Gasteiger partial charge in [-0.1, -0.05) is 0 Å². The molecular weight excluding hydrogens is 214 g/mol. The van der Waals surface area contributed by atoms with Crippen LogP contribution in [0.4, 0.5) is 0 Å². The van der Waals surface area contributed by atoms with E-state index in [-0.39, 0.29) is 0 Å². The Labute approximate surface area is 101 Å². The fourth-order valence-electron chi connectivity index (χ4n) is 2.24. The Morgan fingerprint density at radius 2 is 2.18 bits per heavy atom. The molecule has 2 aromatic rings. The first-order chi connectivity index (χ1) is 8.31. The van der Waals surface area contributed by atoms with Crippen LogP contribution < -0.4 is 5.32 Å². The number of nitrogens with zero attached hydrogens (tertiary/aromatic N) is 2. The molecular formula is C13H17N3O. The van der Waals surface area contributed by atoms with Crippen LogP contribution in [0.3, 0.4) is 0 Å². The number of aryl methyl sites for hydroxylation is 1. The third kappa shape index (κ3) is 2.33. The summed E-state index contributed by atoms with van der Waals surface area (Å²) in [5, 5.41) is 3.35. The molecule has 1 fully saturated rings. The van der Waals surface area contributed by atoms with Gasteiger partial charge in [-0.2, -0.15) is 0 Å². The van der Waals surface area contributed by atoms with Crippen LogP contribution in [0.25, 0.3) is 11.1 Å². The molecule has 0 unspecified atom stereocenters. The molecule has 0 amide bonds. The summed E-state index contributed by atoms with van der Waals surface area (Å²) in [6.07, 6.45) is 0. The van der Waals surface area contributed by atoms with Gasteiger partial charge < -0.3 is 9.73 Å². The lowest BCUT2D eigenvalue weighted by Gasteiger charge is -2.25. The number of rotatable bonds is 2. The molecule has 0 bridgehead atoms. The first-order valence-corrected chi connectivity index (χ1v) is 6.10. The summed E-state index contributed by atoms with van der Waals surface area (Å²) in [4.78, 5) is 6.87. The second-order valence-electron chi connectivity index (χ2n) is 4.57. The van der Waals surface area contributed by atoms with Gasteiger partial charge >= 0.3 is 0 Å². The topological polar surface area (TPSA) is 41.3 Å². The molecule has 90 valence electrons. The fourth-order valence-corrected chi connectivity index (χ4v) is 2.24. The second kappa shape index (κ2) is 4.47. The van der Waals surface area contributed by atoms with E-state index < -0.39 is 0 Å². The highest BCUT2D eigenvalue weighted by Crippen LogP contribution is 2.19. The Kier molecular flexibility index (Phi) is 2.82. The van der Waals surface area contributed by atoms with Gasteiger partial charge in [0.25, 0.3) is 0 Å². The summed E-state index contributed by atoms with van der Waals surface area (Å²) in [5.41, 5.74) is 2.89. The van der Waals surface area contributed by atoms with Crippen molar-refractivity contribution < 1.29 is 4.42 Å². The molecule has 0 aromatic carbocycles. The minimum atomic E-state index is 0.886. The summed E-state index contributed by atoms with van der Waals surface area (Å²) in [7, 11) is 0. The number of fused-ring (bicyclic) bond motifs is 1. The lowest BCUT2D eigenvalue weighted by Crippen LogP contribution is -2.42. The Hall–Kier alpha value is -1.39. The van der Waals surface area contributed by atoms with E-state index in [1.807, 2.05) is 19.1 Å². The zero-order valence-electron chi connectivity index (χ0n) is 10.1. The van der Waals surface area contributed by atoms with Gasteiger partial charge in [0.15, 0.2) is 5.58 Å². The van der Waals surface area contributed by atoms with Crippen molar-refractivity contribution in [3.63, 3.8) is 0 Å². The molecule has 3 rings (SSSR count). The highest BCUT2D eigenvalue weighted by atomic mass is 16.3. The minimum absolute atomic E-state index is 0.886. The molecule has 0 atom stereocenters. The SMILES string of the molecule is Cc1ccc2oc(CN3CCNCC3)cc2n1. The molecule has 17 heavy (non-hydrogen) atoms. The summed E-state index contributed by atoms with van der Waals surface area (Å²) in [6, 6.07) is 6.05. The lowest BCUT2D eigenvalue weighted by atomic mass is 10.3. The van der Waals surface area contributed by atoms with Crippen LogP contribution in [-0.2, 0) is 6.54 Å². The number of piperazine rings is 1. The van der Waals surface area contributed by atoms with Gasteiger partial charge in [0.05, 0.1) is 6.54 Å². The molecule has 0 spiro atoms. The predicted molar refractivity (Wildman–Crippen MR) is 66.9 cm³/mol. The van der Waals surface area contributed by atoms with Crippen LogP contribution in [0.15, 0.2) is 22.6 Å². The van der Waals surface area contributed by atoms with Gasteiger partial charge in [-0.25, -0.2) is 4.98 Å². The molecule has 0 saturated carbocycles. The van der Waals surface area contributed by atoms with Gasteiger partial charge in [0.2, 0.25) is 0 Å². The molecule has 3 heterocycles. The van der Waals surface area contributed by atoms with Crippen LogP contribution in [0.1, 0.15) is 11.5 Å². The second-order valence-corrected chi connectivity index (χ2v) is 4.57. The monoisotopic (exact) mass is 231 g/mol. The van der Waals surface area contributed by atoms with Crippen LogP contribution >= 0.6 is 0 Å². The summed E-state index contributed by atoms with van der Waals surface area (Å²) in [6.45, 7) is 7.20. The maximum absolute atomic E-state index is 5.80. The number of pyridine rings is 1. The first kappa shape index (κ1) is 10.7. The molecule has 0 aliphatic carbocycles. The van der Waals surface area contributed by atoms with E-state index in [4.69, 9.17) is 4.42 Å². The Morgan fingerprint density at radius 1 is 1.35 bits per heavy atom. The number of aromatic nitrogens is 1. The van der Waals surface area contributed by atoms with E-state index >= 15 is 0 Å². The average molecular weight is 231 g/mol. The molecule has 1 N–H and O–H groups in total. The van der Waals surface area contributed by atoms with Crippen molar-refractivity contribution in [1.29, 1.82) is 0 Å². The average Bonchev–Trinajstić information content (AvgIpc) is 2.71. The van der Waals surface area contributed by atoms with Crippen molar-refractivity contribution in [1.82, 2.24) is 15.2 Å². The Balaban J connectivity index is 1.80. The predicted octanol–water partition coefficient (Wildman–Crippen LogP) is 1.54. The Bertz CT molecular complexity index is 514. The van der Waals surface area contributed by atoms with Crippen molar-refractivity contribution >= 4 is 11.1 Å². The summed E-state index contributed by atoms with van der Waals surface area (Å²) in [5.74, 6) is 1.01. The van der Waals surface area contributed by atoms with Crippen LogP contribution in [0.5, 0.6) is 0 Å². The molecule has 4 heteroatoms. The summed E-state index contributed by atoms with van der Waals surface area (Å²) >= 11 is 0. The van der Waals surface area contributed by atoms with Crippen molar-refractivity contribution in [2.45, 2.75) is 13.5 Å². The summed E-state index contributed by atoms with van der Waals surface area (Å²) < 4.78 is 5.80. The molecule has 1 saturated heterocycles. The normalized spacial score (nSPS) is 17.7. The van der Waals surface area contributed by atoms with E-state index in [2.05, 4.69) is 21.3 Å². The molecule has 0 radical (unpaired) electrons. The fraction of sp³-hybridized carbons (Fsp3) is 0.462. The van der Waals surface area contributed by atoms with Crippen LogP contribution in [-0.4, -0.2) is 36.1 Å². The van der Waals surface area contributed by atoms with E-state index in [9.17, 15) is 0 Å². The van der Waals surface area contributed by atoms with Gasteiger partial charge in [0.1, 0.15) is 11.3 Å². The minimum Gasteiger partial charge on any atom is -0.458 e. The van der Waals surface area contributed by atoms with Crippen LogP contribution in [0.2, 0.25) is 0 Å². The lowest BCUT2D eigenvalue weighted by molar-refractivity contribution is 0.218. The van der Waals surface area contributed by atoms with Crippen molar-refractivity contribution in [2.24, 2.45) is 0 Å². The van der Waals surface area contributed by atoms with Crippen molar-refractivity contribution in [3.05, 3.63) is 29.7 Å². The number of nitrogens with one attached hydrogen (secondary N) is 1. The van der Waals surface area contributed by atoms with E-state index in [0.29, 0.717) is 0 Å². The maximum Gasteiger partial charge on any atom is 0.152 e. The number of hydrogen-bond acceptors (Lipinski definition) is 4. The van der Waals surface area contributed by atoms with Crippen molar-refractivity contribution in [3.8, 4) is 0 Å². The highest BCUT2D eigenvalue weighted by molar-refractivity contribution is 5.73. The van der Waals surface area contributed by atoms with Gasteiger partial charge in [-0.15, -0.1) is 0 Å². The van der Waals surface area contributed by atoms with Crippen LogP contribution in [0, 0.1) is 6.92 Å². The standard InChI is InChI=1S/C13H17N3O/c1-10-2-3-13-12(15-10)8-11(17-13)9-16-6-4-14-5-7-16/h2-3,8,14H,4-7,9H2,1H3. The maximum atomic E-state index is 5.80. The van der Waals surface area contributed by atoms with E-state index in [1.165, 1.54) is 0 Å². The molecule has 2 aromatic heterocycles. The van der Waals surface area contributed by atoms with Gasteiger partial charge in [-0.05, 0) is 19.1 Å². The van der Waals surface area contributed by atoms with Gasteiger partial charge in [0, 0.05) is 37.9 Å². The zero-order valence-corrected chi connectivity index (χ0v) is 10.1. The van der Waals surface area contributed by atoms with E-state index in [1.54, 1.807) is 0 Å². The molecule has 1 aliphatic rings.